The summed E-state index contributed by atoms with van der Waals surface area (Å²) in [5.41, 5.74) is 1.24. The van der Waals surface area contributed by atoms with Gasteiger partial charge in [-0.25, -0.2) is 0 Å². The SMILES string of the molecule is CC(=O)OC(C)/C=C\C(=O)NC1CC(C)C(C/C=C(C)/C=C/C2CC3(CCO2)OC3C)OC1C. The summed E-state index contributed by atoms with van der Waals surface area (Å²) in [7, 11) is 0. The molecular formula is C27H41NO6. The summed E-state index contributed by atoms with van der Waals surface area (Å²) < 4.78 is 23.0. The standard InChI is InChI=1S/C27H41NO6/c1-17(7-10-23-16-27(13-14-31-23)21(5)34-27)8-11-25-18(2)15-24(20(4)33-25)28-26(30)12-9-19(3)32-22(6)29/h7-10,12,18-21,23-25H,11,13-16H2,1-6H3,(H,28,30)/b10-7+,12-9-,17-8+. The first-order valence-corrected chi connectivity index (χ1v) is 12.5. The molecule has 34 heavy (non-hydrogen) atoms. The fourth-order valence-electron chi connectivity index (χ4n) is 4.90. The molecule has 0 aromatic carbocycles. The molecule has 1 N–H and O–H groups in total. The van der Waals surface area contributed by atoms with Gasteiger partial charge >= 0.3 is 5.97 Å². The van der Waals surface area contributed by atoms with Gasteiger partial charge in [0.05, 0.1) is 42.7 Å². The van der Waals surface area contributed by atoms with Crippen molar-refractivity contribution in [3.8, 4) is 0 Å². The Hall–Kier alpha value is -1.96. The number of carbonyl (C=O) groups is 2. The van der Waals surface area contributed by atoms with Crippen LogP contribution in [0, 0.1) is 5.92 Å². The number of carbonyl (C=O) groups excluding carboxylic acids is 2. The number of rotatable bonds is 8. The maximum absolute atomic E-state index is 12.3. The Bertz CT molecular complexity index is 820. The number of hydrogen-bond acceptors (Lipinski definition) is 6. The lowest BCUT2D eigenvalue weighted by atomic mass is 9.88. The molecule has 3 aliphatic heterocycles. The van der Waals surface area contributed by atoms with Crippen LogP contribution in [-0.2, 0) is 28.5 Å². The Balaban J connectivity index is 1.43. The summed E-state index contributed by atoms with van der Waals surface area (Å²) in [6, 6.07) is -0.0554. The molecule has 3 aliphatic rings. The molecule has 0 aromatic rings. The third-order valence-corrected chi connectivity index (χ3v) is 7.16. The van der Waals surface area contributed by atoms with Gasteiger partial charge in [-0.15, -0.1) is 0 Å². The van der Waals surface area contributed by atoms with E-state index in [1.54, 1.807) is 13.0 Å². The third-order valence-electron chi connectivity index (χ3n) is 7.16. The van der Waals surface area contributed by atoms with Gasteiger partial charge in [-0.05, 0) is 52.5 Å². The number of ether oxygens (including phenoxy) is 4. The van der Waals surface area contributed by atoms with Crippen LogP contribution in [0.5, 0.6) is 0 Å². The van der Waals surface area contributed by atoms with Crippen molar-refractivity contribution < 1.29 is 28.5 Å². The summed E-state index contributed by atoms with van der Waals surface area (Å²) in [5, 5.41) is 3.02. The van der Waals surface area contributed by atoms with E-state index >= 15 is 0 Å². The van der Waals surface area contributed by atoms with Crippen LogP contribution >= 0.6 is 0 Å². The highest BCUT2D eigenvalue weighted by Gasteiger charge is 2.55. The molecule has 0 aliphatic carbocycles. The number of esters is 1. The van der Waals surface area contributed by atoms with E-state index < -0.39 is 6.10 Å². The van der Waals surface area contributed by atoms with Crippen LogP contribution in [0.2, 0.25) is 0 Å². The first-order chi connectivity index (χ1) is 16.1. The molecule has 0 saturated carbocycles. The summed E-state index contributed by atoms with van der Waals surface area (Å²) in [6.07, 6.45) is 13.2. The van der Waals surface area contributed by atoms with E-state index in [9.17, 15) is 9.59 Å². The summed E-state index contributed by atoms with van der Waals surface area (Å²) in [6.45, 7) is 12.2. The van der Waals surface area contributed by atoms with E-state index in [4.69, 9.17) is 18.9 Å². The zero-order valence-electron chi connectivity index (χ0n) is 21.4. The molecule has 1 amide bonds. The van der Waals surface area contributed by atoms with Crippen molar-refractivity contribution in [2.75, 3.05) is 6.61 Å². The fraction of sp³-hybridized carbons (Fsp3) is 0.704. The van der Waals surface area contributed by atoms with Gasteiger partial charge in [-0.3, -0.25) is 9.59 Å². The number of amides is 1. The van der Waals surface area contributed by atoms with Crippen molar-refractivity contribution in [2.24, 2.45) is 5.92 Å². The minimum Gasteiger partial charge on any atom is -0.459 e. The molecule has 3 heterocycles. The van der Waals surface area contributed by atoms with Crippen LogP contribution in [0.3, 0.4) is 0 Å². The maximum Gasteiger partial charge on any atom is 0.303 e. The molecular weight excluding hydrogens is 434 g/mol. The molecule has 0 bridgehead atoms. The van der Waals surface area contributed by atoms with E-state index in [1.807, 2.05) is 6.92 Å². The molecule has 8 unspecified atom stereocenters. The second-order valence-electron chi connectivity index (χ2n) is 10.1. The van der Waals surface area contributed by atoms with Gasteiger partial charge in [0.1, 0.15) is 6.10 Å². The number of epoxide rings is 1. The zero-order chi connectivity index (χ0) is 24.9. The molecule has 1 spiro atoms. The second-order valence-corrected chi connectivity index (χ2v) is 10.1. The maximum atomic E-state index is 12.3. The van der Waals surface area contributed by atoms with Crippen LogP contribution < -0.4 is 5.32 Å². The highest BCUT2D eigenvalue weighted by atomic mass is 16.6. The molecule has 7 heteroatoms. The van der Waals surface area contributed by atoms with Gasteiger partial charge in [0.2, 0.25) is 5.91 Å². The smallest absolute Gasteiger partial charge is 0.303 e. The molecule has 3 saturated heterocycles. The van der Waals surface area contributed by atoms with Crippen molar-refractivity contribution >= 4 is 11.9 Å². The van der Waals surface area contributed by atoms with Crippen molar-refractivity contribution in [1.29, 1.82) is 0 Å². The Labute approximate surface area is 203 Å². The Kier molecular flexibility index (Phi) is 9.13. The van der Waals surface area contributed by atoms with E-state index in [0.717, 1.165) is 32.3 Å². The lowest BCUT2D eigenvalue weighted by Gasteiger charge is -2.39. The zero-order valence-corrected chi connectivity index (χ0v) is 21.4. The van der Waals surface area contributed by atoms with Gasteiger partial charge in [0.15, 0.2) is 0 Å². The summed E-state index contributed by atoms with van der Waals surface area (Å²) >= 11 is 0. The van der Waals surface area contributed by atoms with Crippen LogP contribution in [0.1, 0.15) is 67.2 Å². The minimum absolute atomic E-state index is 0.0503. The molecule has 3 fully saturated rings. The second kappa shape index (κ2) is 11.6. The van der Waals surface area contributed by atoms with Crippen LogP contribution in [-0.4, -0.2) is 60.6 Å². The quantitative estimate of drug-likeness (QED) is 0.247. The van der Waals surface area contributed by atoms with Crippen molar-refractivity contribution in [1.82, 2.24) is 5.32 Å². The largest absolute Gasteiger partial charge is 0.459 e. The topological polar surface area (TPSA) is 86.4 Å². The Morgan fingerprint density at radius 3 is 2.62 bits per heavy atom. The predicted octanol–water partition coefficient (Wildman–Crippen LogP) is 4.02. The van der Waals surface area contributed by atoms with Gasteiger partial charge in [-0.2, -0.15) is 0 Å². The third kappa shape index (κ3) is 7.52. The van der Waals surface area contributed by atoms with Gasteiger partial charge in [0, 0.05) is 25.8 Å². The molecule has 0 radical (unpaired) electrons. The van der Waals surface area contributed by atoms with Crippen molar-refractivity contribution in [3.05, 3.63) is 36.0 Å². The first kappa shape index (κ1) is 26.6. The van der Waals surface area contributed by atoms with Gasteiger partial charge < -0.3 is 24.3 Å². The number of hydrogen-bond donors (Lipinski definition) is 1. The Morgan fingerprint density at radius 2 is 1.94 bits per heavy atom. The highest BCUT2D eigenvalue weighted by Crippen LogP contribution is 2.46. The van der Waals surface area contributed by atoms with E-state index in [2.05, 4.69) is 44.3 Å². The average Bonchev–Trinajstić information content (AvgIpc) is 3.38. The van der Waals surface area contributed by atoms with Gasteiger partial charge in [0.25, 0.3) is 0 Å². The molecule has 7 nitrogen and oxygen atoms in total. The predicted molar refractivity (Wildman–Crippen MR) is 130 cm³/mol. The van der Waals surface area contributed by atoms with Crippen LogP contribution in [0.15, 0.2) is 36.0 Å². The molecule has 190 valence electrons. The summed E-state index contributed by atoms with van der Waals surface area (Å²) in [4.78, 5) is 23.3. The highest BCUT2D eigenvalue weighted by molar-refractivity contribution is 5.87. The van der Waals surface area contributed by atoms with E-state index in [1.165, 1.54) is 18.6 Å². The number of nitrogens with one attached hydrogen (secondary N) is 1. The van der Waals surface area contributed by atoms with Crippen LogP contribution in [0.25, 0.3) is 0 Å². The molecule has 3 rings (SSSR count). The van der Waals surface area contributed by atoms with Crippen molar-refractivity contribution in [2.45, 2.75) is 109 Å². The van der Waals surface area contributed by atoms with Crippen LogP contribution in [0.4, 0.5) is 0 Å². The van der Waals surface area contributed by atoms with E-state index in [0.29, 0.717) is 12.0 Å². The first-order valence-electron chi connectivity index (χ1n) is 12.5. The van der Waals surface area contributed by atoms with E-state index in [-0.39, 0.29) is 41.8 Å². The fourth-order valence-corrected chi connectivity index (χ4v) is 4.90. The van der Waals surface area contributed by atoms with Gasteiger partial charge in [-0.1, -0.05) is 30.7 Å². The molecule has 8 atom stereocenters. The minimum atomic E-state index is -0.438. The Morgan fingerprint density at radius 1 is 1.21 bits per heavy atom. The molecule has 0 aromatic heterocycles. The number of allylic oxidation sites excluding steroid dienone is 2. The van der Waals surface area contributed by atoms with Crippen molar-refractivity contribution in [3.63, 3.8) is 0 Å². The average molecular weight is 476 g/mol. The lowest BCUT2D eigenvalue weighted by Crippen LogP contribution is -2.50. The lowest BCUT2D eigenvalue weighted by molar-refractivity contribution is -0.143. The normalized spacial score (nSPS) is 37.2. The summed E-state index contributed by atoms with van der Waals surface area (Å²) in [5.74, 6) is -0.262. The monoisotopic (exact) mass is 475 g/mol.